The van der Waals surface area contributed by atoms with Crippen molar-refractivity contribution in [1.82, 2.24) is 0 Å². The smallest absolute Gasteiger partial charge is 0.479 e. The summed E-state index contributed by atoms with van der Waals surface area (Å²) < 4.78 is 11.3. The van der Waals surface area contributed by atoms with Crippen LogP contribution in [0.5, 0.6) is 0 Å². The molecule has 9 heteroatoms. The zero-order valence-corrected chi connectivity index (χ0v) is 9.88. The molecule has 0 saturated heterocycles. The Kier molecular flexibility index (Phi) is 8.67. The summed E-state index contributed by atoms with van der Waals surface area (Å²) in [6.45, 7) is 3.68. The van der Waals surface area contributed by atoms with Gasteiger partial charge in [0.15, 0.2) is 5.78 Å². The van der Waals surface area contributed by atoms with Crippen molar-refractivity contribution in [3.63, 3.8) is 0 Å². The zero-order valence-electron chi connectivity index (χ0n) is 8.98. The largest absolute Gasteiger partial charge is 0.674 e. The number of hydrogen-bond acceptors (Lipinski definition) is 8. The highest BCUT2D eigenvalue weighted by atomic mass is 31.1. The third-order valence-electron chi connectivity index (χ3n) is 1.85. The molecule has 0 aromatic rings. The molecule has 0 aromatic carbocycles. The van der Waals surface area contributed by atoms with E-state index in [2.05, 4.69) is 4.67 Å². The van der Waals surface area contributed by atoms with E-state index >= 15 is 0 Å². The van der Waals surface area contributed by atoms with Gasteiger partial charge in [-0.05, 0) is 25.3 Å². The number of rotatable bonds is 4. The summed E-state index contributed by atoms with van der Waals surface area (Å²) in [6, 6.07) is 0. The third-order valence-corrected chi connectivity index (χ3v) is 1.97. The van der Waals surface area contributed by atoms with Crippen molar-refractivity contribution in [2.45, 2.75) is 38.6 Å². The van der Waals surface area contributed by atoms with E-state index in [0.717, 1.165) is 6.92 Å². The fraction of sp³-hybridized carbons (Fsp3) is 0.857. The van der Waals surface area contributed by atoms with Gasteiger partial charge in [-0.25, -0.2) is 4.67 Å². The summed E-state index contributed by atoms with van der Waals surface area (Å²) in [5.41, 5.74) is -1.76. The second-order valence-corrected chi connectivity index (χ2v) is 3.81. The van der Waals surface area contributed by atoms with Crippen molar-refractivity contribution in [1.29, 1.82) is 0 Å². The van der Waals surface area contributed by atoms with Crippen molar-refractivity contribution in [2.75, 3.05) is 0 Å². The molecule has 4 unspecified atom stereocenters. The standard InChI is InChI=1S/C7H14O4.HO4P/c1-4(8)6(10)7(3,11)5(2)9;1-4-5(2)3/h5-6,9-11H,1-3H3;1H/p-1. The highest BCUT2D eigenvalue weighted by Gasteiger charge is 2.37. The van der Waals surface area contributed by atoms with Crippen molar-refractivity contribution in [2.24, 2.45) is 0 Å². The minimum Gasteiger partial charge on any atom is -0.674 e. The average Bonchev–Trinajstić information content (AvgIpc) is 2.16. The summed E-state index contributed by atoms with van der Waals surface area (Å²) in [5, 5.41) is 35.8. The molecule has 8 nitrogen and oxygen atoms in total. The highest BCUT2D eigenvalue weighted by Crippen LogP contribution is 2.15. The van der Waals surface area contributed by atoms with Crippen LogP contribution in [0.4, 0.5) is 0 Å². The van der Waals surface area contributed by atoms with Crippen LogP contribution in [0.1, 0.15) is 20.8 Å². The van der Waals surface area contributed by atoms with E-state index < -0.39 is 31.8 Å². The predicted molar refractivity (Wildman–Crippen MR) is 47.7 cm³/mol. The fourth-order valence-corrected chi connectivity index (χ4v) is 0.640. The van der Waals surface area contributed by atoms with Gasteiger partial charge in [0.1, 0.15) is 11.7 Å². The monoisotopic (exact) mass is 257 g/mol. The second-order valence-electron chi connectivity index (χ2n) is 3.21. The van der Waals surface area contributed by atoms with Gasteiger partial charge in [-0.15, -0.1) is 0 Å². The normalized spacial score (nSPS) is 18.6. The van der Waals surface area contributed by atoms with Gasteiger partial charge in [0.05, 0.1) is 6.10 Å². The summed E-state index contributed by atoms with van der Waals surface area (Å²) in [5.74, 6) is -0.559. The number of aliphatic hydroxyl groups is 3. The molecular formula is C7H14O8P-. The fourth-order valence-electron chi connectivity index (χ4n) is 0.640. The van der Waals surface area contributed by atoms with Crippen LogP contribution >= 0.6 is 8.25 Å². The number of aliphatic hydroxyl groups excluding tert-OH is 2. The molecule has 0 aliphatic carbocycles. The first kappa shape index (κ1) is 17.9. The molecule has 0 aromatic heterocycles. The first-order valence-electron chi connectivity index (χ1n) is 4.10. The second kappa shape index (κ2) is 7.75. The molecule has 4 atom stereocenters. The molecule has 16 heavy (non-hydrogen) atoms. The van der Waals surface area contributed by atoms with Crippen LogP contribution in [-0.2, 0) is 14.0 Å². The molecule has 0 rings (SSSR count). The molecule has 0 bridgehead atoms. The van der Waals surface area contributed by atoms with Gasteiger partial charge in [-0.3, -0.25) is 4.79 Å². The number of hydrogen-bond donors (Lipinski definition) is 3. The molecular weight excluding hydrogens is 243 g/mol. The van der Waals surface area contributed by atoms with E-state index in [4.69, 9.17) is 24.9 Å². The van der Waals surface area contributed by atoms with E-state index in [-0.39, 0.29) is 0 Å². The topological polar surface area (TPSA) is 150 Å². The first-order chi connectivity index (χ1) is 7.07. The van der Waals surface area contributed by atoms with Crippen LogP contribution in [0.3, 0.4) is 0 Å². The minimum absolute atomic E-state index is 0.559. The number of Topliss-reactive ketones (excluding diaryl/α,β-unsaturated/α-hetero) is 1. The number of ketones is 1. The Hall–Kier alpha value is -0.470. The maximum absolute atomic E-state index is 10.6. The van der Waals surface area contributed by atoms with Crippen molar-refractivity contribution in [3.8, 4) is 0 Å². The van der Waals surface area contributed by atoms with E-state index in [1.807, 2.05) is 0 Å². The summed E-state index contributed by atoms with van der Waals surface area (Å²) in [4.78, 5) is 19.4. The number of carbonyl (C=O) groups excluding carboxylic acids is 1. The molecule has 0 saturated carbocycles. The van der Waals surface area contributed by atoms with Gasteiger partial charge in [-0.1, -0.05) is 0 Å². The molecule has 0 heterocycles. The Morgan fingerprint density at radius 3 is 1.88 bits per heavy atom. The Labute approximate surface area is 93.0 Å². The van der Waals surface area contributed by atoms with Gasteiger partial charge in [0.25, 0.3) is 0 Å². The van der Waals surface area contributed by atoms with Crippen LogP contribution in [0, 0.1) is 0 Å². The lowest BCUT2D eigenvalue weighted by Crippen LogP contribution is -2.51. The van der Waals surface area contributed by atoms with Crippen LogP contribution in [0.2, 0.25) is 0 Å². The van der Waals surface area contributed by atoms with E-state index in [1.54, 1.807) is 0 Å². The predicted octanol–water partition coefficient (Wildman–Crippen LogP) is -2.64. The maximum atomic E-state index is 10.6. The lowest BCUT2D eigenvalue weighted by atomic mass is 9.91. The van der Waals surface area contributed by atoms with Gasteiger partial charge < -0.3 is 25.5 Å². The lowest BCUT2D eigenvalue weighted by Gasteiger charge is -2.29. The Morgan fingerprint density at radius 2 is 1.81 bits per heavy atom. The molecule has 3 N–H and O–H groups in total. The molecule has 0 fully saturated rings. The molecule has 0 aliphatic rings. The highest BCUT2D eigenvalue weighted by molar-refractivity contribution is 7.30. The Morgan fingerprint density at radius 1 is 1.50 bits per heavy atom. The van der Waals surface area contributed by atoms with Gasteiger partial charge in [-0.2, -0.15) is 0 Å². The van der Waals surface area contributed by atoms with Crippen LogP contribution in [-0.4, -0.2) is 38.9 Å². The van der Waals surface area contributed by atoms with E-state index in [0.29, 0.717) is 0 Å². The van der Waals surface area contributed by atoms with Crippen LogP contribution < -0.4 is 10.2 Å². The summed E-state index contributed by atoms with van der Waals surface area (Å²) >= 11 is 0. The quantitative estimate of drug-likeness (QED) is 0.281. The molecule has 96 valence electrons. The Bertz CT molecular complexity index is 239. The molecule has 0 radical (unpaired) electrons. The molecule has 0 aliphatic heterocycles. The molecule has 0 spiro atoms. The third kappa shape index (κ3) is 6.91. The summed E-state index contributed by atoms with van der Waals surface area (Å²) in [6.07, 6.45) is -2.66. The van der Waals surface area contributed by atoms with E-state index in [9.17, 15) is 9.90 Å². The van der Waals surface area contributed by atoms with Crippen molar-refractivity contribution >= 4 is 14.0 Å². The van der Waals surface area contributed by atoms with Crippen molar-refractivity contribution < 1.29 is 39.5 Å². The van der Waals surface area contributed by atoms with Crippen LogP contribution in [0.25, 0.3) is 0 Å². The van der Waals surface area contributed by atoms with Crippen molar-refractivity contribution in [3.05, 3.63) is 0 Å². The zero-order chi connectivity index (χ0) is 13.5. The maximum Gasteiger partial charge on any atom is 0.479 e. The SMILES string of the molecule is CC(=O)C(O)C(C)(O)C(C)O.O=[P+]([O-])O[O-]. The molecule has 0 amide bonds. The average molecular weight is 257 g/mol. The minimum atomic E-state index is -3.15. The van der Waals surface area contributed by atoms with Gasteiger partial charge in [0, 0.05) is 0 Å². The van der Waals surface area contributed by atoms with Gasteiger partial charge >= 0.3 is 8.25 Å². The van der Waals surface area contributed by atoms with Gasteiger partial charge in [0.2, 0.25) is 0 Å². The lowest BCUT2D eigenvalue weighted by molar-refractivity contribution is -0.644. The van der Waals surface area contributed by atoms with Crippen LogP contribution in [0.15, 0.2) is 0 Å². The summed E-state index contributed by atoms with van der Waals surface area (Å²) in [7, 11) is -3.15. The van der Waals surface area contributed by atoms with E-state index in [1.165, 1.54) is 13.8 Å². The number of carbonyl (C=O) groups is 1. The Balaban J connectivity index is 0. The first-order valence-corrected chi connectivity index (χ1v) is 5.20.